The van der Waals surface area contributed by atoms with E-state index in [1.165, 1.54) is 5.56 Å². The molecule has 1 heterocycles. The lowest BCUT2D eigenvalue weighted by Gasteiger charge is -2.14. The lowest BCUT2D eigenvalue weighted by Crippen LogP contribution is -2.01. The van der Waals surface area contributed by atoms with Gasteiger partial charge < -0.3 is 10.5 Å². The average molecular weight is 277 g/mol. The minimum absolute atomic E-state index is 0.365. The molecule has 19 heavy (non-hydrogen) atoms. The van der Waals surface area contributed by atoms with Crippen LogP contribution in [0.4, 0.5) is 0 Å². The number of nitrogens with two attached hydrogens (primary N) is 1. The number of nitrogens with zero attached hydrogens (tertiary/aromatic N) is 1. The molecule has 2 rings (SSSR count). The minimum atomic E-state index is 0.365. The van der Waals surface area contributed by atoms with Crippen LogP contribution < -0.4 is 10.5 Å². The number of benzene rings is 1. The number of hydrogen-bond donors (Lipinski definition) is 1. The number of pyridine rings is 1. The lowest BCUT2D eigenvalue weighted by molar-refractivity contribution is 0.455. The summed E-state index contributed by atoms with van der Waals surface area (Å²) < 4.78 is 5.90. The van der Waals surface area contributed by atoms with Gasteiger partial charge in [-0.3, -0.25) is 0 Å². The third-order valence-electron chi connectivity index (χ3n) is 3.23. The Morgan fingerprint density at radius 2 is 1.84 bits per heavy atom. The van der Waals surface area contributed by atoms with Crippen molar-refractivity contribution in [3.8, 4) is 11.6 Å². The monoisotopic (exact) mass is 276 g/mol. The molecule has 2 N–H and O–H groups in total. The molecule has 0 saturated heterocycles. The first-order valence-electron chi connectivity index (χ1n) is 6.12. The number of hydrogen-bond acceptors (Lipinski definition) is 3. The largest absolute Gasteiger partial charge is 0.437 e. The van der Waals surface area contributed by atoms with Gasteiger partial charge in [-0.05, 0) is 49.1 Å². The van der Waals surface area contributed by atoms with Crippen molar-refractivity contribution in [3.05, 3.63) is 51.7 Å². The molecule has 0 aliphatic rings. The Balaban J connectivity index is 2.45. The van der Waals surface area contributed by atoms with Crippen LogP contribution in [0, 0.1) is 20.8 Å². The van der Waals surface area contributed by atoms with Gasteiger partial charge in [-0.2, -0.15) is 0 Å². The van der Waals surface area contributed by atoms with E-state index < -0.39 is 0 Å². The molecule has 0 aliphatic carbocycles. The highest BCUT2D eigenvalue weighted by Crippen LogP contribution is 2.34. The summed E-state index contributed by atoms with van der Waals surface area (Å²) in [6, 6.07) is 5.90. The summed E-state index contributed by atoms with van der Waals surface area (Å²) >= 11 is 6.24. The Labute approximate surface area is 118 Å². The molecule has 3 nitrogen and oxygen atoms in total. The Kier molecular flexibility index (Phi) is 4.08. The molecule has 0 spiro atoms. The van der Waals surface area contributed by atoms with Crippen LogP contribution >= 0.6 is 11.6 Å². The quantitative estimate of drug-likeness (QED) is 0.924. The molecule has 100 valence electrons. The molecular formula is C15H17ClN2O. The van der Waals surface area contributed by atoms with Crippen molar-refractivity contribution in [3.63, 3.8) is 0 Å². The summed E-state index contributed by atoms with van der Waals surface area (Å²) in [5.74, 6) is 1.21. The van der Waals surface area contributed by atoms with Gasteiger partial charge in [-0.15, -0.1) is 0 Å². The predicted molar refractivity (Wildman–Crippen MR) is 77.9 cm³/mol. The molecule has 4 heteroatoms. The van der Waals surface area contributed by atoms with Crippen molar-refractivity contribution >= 4 is 11.6 Å². The lowest BCUT2D eigenvalue weighted by atomic mass is 10.1. The predicted octanol–water partition coefficient (Wildman–Crippen LogP) is 3.91. The summed E-state index contributed by atoms with van der Waals surface area (Å²) in [5.41, 5.74) is 9.78. The minimum Gasteiger partial charge on any atom is -0.437 e. The van der Waals surface area contributed by atoms with E-state index in [1.54, 1.807) is 12.3 Å². The van der Waals surface area contributed by atoms with Crippen molar-refractivity contribution in [2.24, 2.45) is 5.73 Å². The molecule has 0 atom stereocenters. The molecule has 0 radical (unpaired) electrons. The summed E-state index contributed by atoms with van der Waals surface area (Å²) in [6.45, 7) is 6.44. The summed E-state index contributed by atoms with van der Waals surface area (Å²) in [6.07, 6.45) is 1.66. The molecule has 0 amide bonds. The maximum absolute atomic E-state index is 6.24. The summed E-state index contributed by atoms with van der Waals surface area (Å²) in [7, 11) is 0. The van der Waals surface area contributed by atoms with Crippen LogP contribution in [-0.4, -0.2) is 4.98 Å². The fraction of sp³-hybridized carbons (Fsp3) is 0.267. The summed E-state index contributed by atoms with van der Waals surface area (Å²) in [4.78, 5) is 4.18. The highest BCUT2D eigenvalue weighted by Gasteiger charge is 2.12. The number of aromatic nitrogens is 1. The van der Waals surface area contributed by atoms with Gasteiger partial charge in [0.25, 0.3) is 0 Å². The van der Waals surface area contributed by atoms with Crippen molar-refractivity contribution in [2.75, 3.05) is 0 Å². The SMILES string of the molecule is Cc1ccc(C)c(Oc2nccc(CN)c2Cl)c1C. The first-order chi connectivity index (χ1) is 9.04. The van der Waals surface area contributed by atoms with Crippen LogP contribution in [0.1, 0.15) is 22.3 Å². The molecule has 0 saturated carbocycles. The Morgan fingerprint density at radius 3 is 2.53 bits per heavy atom. The highest BCUT2D eigenvalue weighted by molar-refractivity contribution is 6.32. The second kappa shape index (κ2) is 5.59. The number of ether oxygens (including phenoxy) is 1. The van der Waals surface area contributed by atoms with Crippen LogP contribution in [0.25, 0.3) is 0 Å². The van der Waals surface area contributed by atoms with Crippen molar-refractivity contribution in [1.29, 1.82) is 0 Å². The van der Waals surface area contributed by atoms with E-state index in [0.29, 0.717) is 17.4 Å². The number of rotatable bonds is 3. The third-order valence-corrected chi connectivity index (χ3v) is 3.63. The van der Waals surface area contributed by atoms with Gasteiger partial charge in [-0.25, -0.2) is 4.98 Å². The normalized spacial score (nSPS) is 10.6. The zero-order valence-electron chi connectivity index (χ0n) is 11.3. The Bertz CT molecular complexity index is 611. The second-order valence-electron chi connectivity index (χ2n) is 4.55. The van der Waals surface area contributed by atoms with Crippen molar-refractivity contribution in [1.82, 2.24) is 4.98 Å². The molecule has 1 aromatic heterocycles. The molecular weight excluding hydrogens is 260 g/mol. The first-order valence-corrected chi connectivity index (χ1v) is 6.50. The van der Waals surface area contributed by atoms with E-state index in [0.717, 1.165) is 22.4 Å². The van der Waals surface area contributed by atoms with Gasteiger partial charge in [0, 0.05) is 12.7 Å². The highest BCUT2D eigenvalue weighted by atomic mass is 35.5. The van der Waals surface area contributed by atoms with Gasteiger partial charge >= 0.3 is 0 Å². The smallest absolute Gasteiger partial charge is 0.238 e. The fourth-order valence-corrected chi connectivity index (χ4v) is 2.10. The summed E-state index contributed by atoms with van der Waals surface area (Å²) in [5, 5.41) is 0.477. The second-order valence-corrected chi connectivity index (χ2v) is 4.93. The molecule has 0 fully saturated rings. The van der Waals surface area contributed by atoms with E-state index in [9.17, 15) is 0 Å². The van der Waals surface area contributed by atoms with E-state index in [1.807, 2.05) is 26.8 Å². The Morgan fingerprint density at radius 1 is 1.16 bits per heavy atom. The van der Waals surface area contributed by atoms with Crippen LogP contribution in [0.15, 0.2) is 24.4 Å². The van der Waals surface area contributed by atoms with Gasteiger partial charge in [0.15, 0.2) is 0 Å². The maximum Gasteiger partial charge on any atom is 0.238 e. The van der Waals surface area contributed by atoms with Gasteiger partial charge in [-0.1, -0.05) is 23.7 Å². The topological polar surface area (TPSA) is 48.1 Å². The van der Waals surface area contributed by atoms with Crippen LogP contribution in [0.5, 0.6) is 11.6 Å². The first kappa shape index (κ1) is 13.8. The molecule has 0 unspecified atom stereocenters. The fourth-order valence-electron chi connectivity index (χ4n) is 1.87. The molecule has 0 aliphatic heterocycles. The van der Waals surface area contributed by atoms with Crippen LogP contribution in [0.2, 0.25) is 5.02 Å². The average Bonchev–Trinajstić information content (AvgIpc) is 2.41. The molecule has 2 aromatic rings. The van der Waals surface area contributed by atoms with Crippen molar-refractivity contribution in [2.45, 2.75) is 27.3 Å². The van der Waals surface area contributed by atoms with E-state index >= 15 is 0 Å². The molecule has 1 aromatic carbocycles. The van der Waals surface area contributed by atoms with E-state index in [4.69, 9.17) is 22.1 Å². The number of halogens is 1. The van der Waals surface area contributed by atoms with E-state index in [2.05, 4.69) is 11.1 Å². The van der Waals surface area contributed by atoms with Crippen LogP contribution in [-0.2, 0) is 6.54 Å². The van der Waals surface area contributed by atoms with Crippen molar-refractivity contribution < 1.29 is 4.74 Å². The van der Waals surface area contributed by atoms with Gasteiger partial charge in [0.1, 0.15) is 10.8 Å². The zero-order chi connectivity index (χ0) is 14.0. The number of aryl methyl sites for hydroxylation is 2. The van der Waals surface area contributed by atoms with Crippen LogP contribution in [0.3, 0.4) is 0 Å². The maximum atomic E-state index is 6.24. The van der Waals surface area contributed by atoms with E-state index in [-0.39, 0.29) is 0 Å². The third kappa shape index (κ3) is 2.72. The standard InChI is InChI=1S/C15H17ClN2O/c1-9-4-5-10(2)14(11(9)3)19-15-13(16)12(8-17)6-7-18-15/h4-7H,8,17H2,1-3H3. The van der Waals surface area contributed by atoms with Gasteiger partial charge in [0.2, 0.25) is 5.88 Å². The zero-order valence-corrected chi connectivity index (χ0v) is 12.1. The van der Waals surface area contributed by atoms with Gasteiger partial charge in [0.05, 0.1) is 0 Å². The Hall–Kier alpha value is -1.58. The molecule has 0 bridgehead atoms.